The molecular weight excluding hydrogens is 336 g/mol. The third kappa shape index (κ3) is 1.75. The van der Waals surface area contributed by atoms with Crippen LogP contribution in [0.1, 0.15) is 52.4 Å². The van der Waals surface area contributed by atoms with Crippen molar-refractivity contribution in [2.75, 3.05) is 0 Å². The van der Waals surface area contributed by atoms with Gasteiger partial charge in [-0.2, -0.15) is 0 Å². The predicted molar refractivity (Wildman–Crippen MR) is 92.2 cm³/mol. The van der Waals surface area contributed by atoms with E-state index in [1.54, 1.807) is 6.92 Å². The number of aliphatic hydroxyl groups is 2. The van der Waals surface area contributed by atoms with E-state index in [0.29, 0.717) is 24.8 Å². The zero-order valence-corrected chi connectivity index (χ0v) is 15.4. The molecule has 0 aromatic carbocycles. The maximum atomic E-state index is 12.5. The molecule has 0 aliphatic heterocycles. The first-order valence-corrected chi connectivity index (χ1v) is 9.48. The van der Waals surface area contributed by atoms with E-state index in [-0.39, 0.29) is 12.3 Å². The first-order valence-electron chi connectivity index (χ1n) is 9.48. The quantitative estimate of drug-likeness (QED) is 0.558. The minimum atomic E-state index is -1.45. The van der Waals surface area contributed by atoms with Crippen LogP contribution in [0.15, 0.2) is 12.2 Å². The molecule has 8 atom stereocenters. The van der Waals surface area contributed by atoms with E-state index in [1.165, 1.54) is 0 Å². The fourth-order valence-corrected chi connectivity index (χ4v) is 7.83. The lowest BCUT2D eigenvalue weighted by molar-refractivity contribution is -0.166. The van der Waals surface area contributed by atoms with E-state index in [1.807, 2.05) is 6.92 Å². The van der Waals surface area contributed by atoms with Crippen LogP contribution >= 0.6 is 0 Å². The van der Waals surface area contributed by atoms with Gasteiger partial charge in [0.25, 0.3) is 0 Å². The summed E-state index contributed by atoms with van der Waals surface area (Å²) in [5, 5.41) is 41.9. The number of carboxylic acids is 2. The van der Waals surface area contributed by atoms with Crippen molar-refractivity contribution in [1.82, 2.24) is 0 Å². The first-order chi connectivity index (χ1) is 11.9. The van der Waals surface area contributed by atoms with E-state index in [9.17, 15) is 30.0 Å². The average Bonchev–Trinajstić information content (AvgIpc) is 2.89. The molecule has 0 saturated heterocycles. The second kappa shape index (κ2) is 4.90. The Labute approximate surface area is 152 Å². The summed E-state index contributed by atoms with van der Waals surface area (Å²) in [6.07, 6.45) is 1.81. The highest BCUT2D eigenvalue weighted by Gasteiger charge is 2.78. The number of aliphatic hydroxyl groups excluding tert-OH is 1. The van der Waals surface area contributed by atoms with Crippen LogP contribution in [0.3, 0.4) is 0 Å². The van der Waals surface area contributed by atoms with E-state index in [2.05, 4.69) is 6.58 Å². The van der Waals surface area contributed by atoms with Gasteiger partial charge in [-0.1, -0.05) is 19.9 Å². The Balaban J connectivity index is 1.96. The summed E-state index contributed by atoms with van der Waals surface area (Å²) in [5.74, 6) is -3.43. The molecule has 4 fully saturated rings. The topological polar surface area (TPSA) is 115 Å². The number of fused-ring (bicyclic) bond motifs is 3. The van der Waals surface area contributed by atoms with Crippen LogP contribution in [-0.4, -0.2) is 44.1 Å². The lowest BCUT2D eigenvalue weighted by atomic mass is 9.53. The highest BCUT2D eigenvalue weighted by molar-refractivity contribution is 5.79. The van der Waals surface area contributed by atoms with Crippen LogP contribution in [0.2, 0.25) is 0 Å². The molecule has 0 heterocycles. The fourth-order valence-electron chi connectivity index (χ4n) is 7.83. The Morgan fingerprint density at radius 3 is 2.42 bits per heavy atom. The molecule has 0 amide bonds. The van der Waals surface area contributed by atoms with Gasteiger partial charge >= 0.3 is 11.9 Å². The first kappa shape index (κ1) is 18.0. The number of carboxylic acid groups (broad SMARTS) is 2. The SMILES string of the molecule is C=C1C[C@@]23C[C@@]1(O)[C@@H](O)C[C@H]2[C@]1(C)CCC[C@@](C)(C(=O)O)[C@H]1[C@@H]3C(=O)O. The molecule has 6 nitrogen and oxygen atoms in total. The Morgan fingerprint density at radius 2 is 1.85 bits per heavy atom. The van der Waals surface area contributed by atoms with Gasteiger partial charge in [0.2, 0.25) is 0 Å². The highest BCUT2D eigenvalue weighted by Crippen LogP contribution is 2.78. The minimum absolute atomic E-state index is 0.130. The van der Waals surface area contributed by atoms with E-state index < -0.39 is 51.7 Å². The number of carbonyl (C=O) groups is 2. The molecule has 4 aliphatic carbocycles. The van der Waals surface area contributed by atoms with Crippen LogP contribution < -0.4 is 0 Å². The fraction of sp³-hybridized carbons (Fsp3) is 0.800. The number of hydrogen-bond donors (Lipinski definition) is 4. The highest BCUT2D eigenvalue weighted by atomic mass is 16.4. The van der Waals surface area contributed by atoms with Crippen LogP contribution in [0.5, 0.6) is 0 Å². The number of hydrogen-bond acceptors (Lipinski definition) is 4. The van der Waals surface area contributed by atoms with Crippen molar-refractivity contribution in [1.29, 1.82) is 0 Å². The monoisotopic (exact) mass is 364 g/mol. The summed E-state index contributed by atoms with van der Waals surface area (Å²) in [6.45, 7) is 7.67. The molecule has 0 aromatic rings. The summed E-state index contributed by atoms with van der Waals surface area (Å²) < 4.78 is 0. The molecule has 4 saturated carbocycles. The van der Waals surface area contributed by atoms with Crippen molar-refractivity contribution in [3.8, 4) is 0 Å². The Morgan fingerprint density at radius 1 is 1.19 bits per heavy atom. The molecule has 0 unspecified atom stereocenters. The largest absolute Gasteiger partial charge is 0.481 e. The second-order valence-electron chi connectivity index (χ2n) is 9.79. The van der Waals surface area contributed by atoms with Crippen LogP contribution in [0.25, 0.3) is 0 Å². The Kier molecular flexibility index (Phi) is 3.39. The zero-order chi connectivity index (χ0) is 19.3. The molecule has 6 heteroatoms. The van der Waals surface area contributed by atoms with Crippen molar-refractivity contribution in [3.05, 3.63) is 12.2 Å². The molecule has 26 heavy (non-hydrogen) atoms. The summed E-state index contributed by atoms with van der Waals surface area (Å²) in [6, 6.07) is 0. The van der Waals surface area contributed by atoms with Gasteiger partial charge in [0.05, 0.1) is 17.4 Å². The second-order valence-corrected chi connectivity index (χ2v) is 9.79. The Bertz CT molecular complexity index is 717. The summed E-state index contributed by atoms with van der Waals surface area (Å²) >= 11 is 0. The maximum Gasteiger partial charge on any atom is 0.309 e. The number of rotatable bonds is 2. The molecule has 1 spiro atoms. The maximum absolute atomic E-state index is 12.5. The van der Waals surface area contributed by atoms with Crippen LogP contribution in [0.4, 0.5) is 0 Å². The van der Waals surface area contributed by atoms with Gasteiger partial charge in [-0.05, 0) is 67.3 Å². The average molecular weight is 364 g/mol. The van der Waals surface area contributed by atoms with Crippen molar-refractivity contribution in [3.63, 3.8) is 0 Å². The third-order valence-corrected chi connectivity index (χ3v) is 8.77. The van der Waals surface area contributed by atoms with E-state index in [4.69, 9.17) is 0 Å². The van der Waals surface area contributed by atoms with Gasteiger partial charge in [0.15, 0.2) is 0 Å². The van der Waals surface area contributed by atoms with E-state index >= 15 is 0 Å². The summed E-state index contributed by atoms with van der Waals surface area (Å²) in [4.78, 5) is 24.7. The smallest absolute Gasteiger partial charge is 0.309 e. The predicted octanol–water partition coefficient (Wildman–Crippen LogP) is 2.05. The van der Waals surface area contributed by atoms with Gasteiger partial charge in [0, 0.05) is 0 Å². The van der Waals surface area contributed by atoms with Gasteiger partial charge in [-0.25, -0.2) is 0 Å². The number of aliphatic carboxylic acids is 2. The minimum Gasteiger partial charge on any atom is -0.481 e. The van der Waals surface area contributed by atoms with Gasteiger partial charge in [-0.15, -0.1) is 0 Å². The molecule has 4 rings (SSSR count). The van der Waals surface area contributed by atoms with Crippen molar-refractivity contribution in [2.45, 2.75) is 64.1 Å². The van der Waals surface area contributed by atoms with Crippen molar-refractivity contribution >= 4 is 11.9 Å². The zero-order valence-electron chi connectivity index (χ0n) is 15.4. The molecule has 0 aromatic heterocycles. The van der Waals surface area contributed by atoms with Crippen LogP contribution in [0, 0.1) is 34.0 Å². The Hall–Kier alpha value is -1.40. The third-order valence-electron chi connectivity index (χ3n) is 8.77. The molecule has 2 bridgehead atoms. The molecule has 4 N–H and O–H groups in total. The summed E-state index contributed by atoms with van der Waals surface area (Å²) in [7, 11) is 0. The van der Waals surface area contributed by atoms with Crippen LogP contribution in [-0.2, 0) is 9.59 Å². The standard InChI is InChI=1S/C20H28O6/c1-10-8-19-9-20(10,26)12(21)7-11(19)17(2)5-4-6-18(3,16(24)25)14(17)13(19)15(22)23/h11-14,21,26H,1,4-9H2,2-3H3,(H,22,23)(H,24,25)/t11-,12-,13+,14-,17-,18+,19+,20-/m0/s1. The normalized spacial score (nSPS) is 55.3. The molecular formula is C20H28O6. The summed E-state index contributed by atoms with van der Waals surface area (Å²) in [5.41, 5.74) is -3.28. The van der Waals surface area contributed by atoms with Gasteiger partial charge in [-0.3, -0.25) is 9.59 Å². The van der Waals surface area contributed by atoms with E-state index in [0.717, 1.165) is 12.8 Å². The van der Waals surface area contributed by atoms with Crippen molar-refractivity contribution < 1.29 is 30.0 Å². The van der Waals surface area contributed by atoms with Gasteiger partial charge < -0.3 is 20.4 Å². The molecule has 4 aliphatic rings. The van der Waals surface area contributed by atoms with Crippen molar-refractivity contribution in [2.24, 2.45) is 34.0 Å². The van der Waals surface area contributed by atoms with Gasteiger partial charge in [0.1, 0.15) is 5.60 Å². The molecule has 0 radical (unpaired) electrons. The lowest BCUT2D eigenvalue weighted by Crippen LogP contribution is -2.52. The lowest BCUT2D eigenvalue weighted by Gasteiger charge is -2.51. The molecule has 144 valence electrons.